The van der Waals surface area contributed by atoms with Crippen molar-refractivity contribution in [2.24, 2.45) is 0 Å². The minimum absolute atomic E-state index is 0. The lowest BCUT2D eigenvalue weighted by Gasteiger charge is -2.36. The van der Waals surface area contributed by atoms with Gasteiger partial charge in [-0.3, -0.25) is 4.79 Å². The summed E-state index contributed by atoms with van der Waals surface area (Å²) in [6.07, 6.45) is 5.19. The molecule has 0 bridgehead atoms. The number of hydrogen-bond acceptors (Lipinski definition) is 7. The number of amides is 1. The minimum Gasteiger partial charge on any atom is -0.495 e. The fourth-order valence-electron chi connectivity index (χ4n) is 3.72. The van der Waals surface area contributed by atoms with Crippen LogP contribution < -0.4 is 15.0 Å². The maximum atomic E-state index is 12.5. The van der Waals surface area contributed by atoms with Gasteiger partial charge in [0.2, 0.25) is 0 Å². The molecule has 1 N–H and O–H groups in total. The lowest BCUT2D eigenvalue weighted by molar-refractivity contribution is 0.0919. The molecular weight excluding hydrogens is 380 g/mol. The molecule has 1 aliphatic rings. The van der Waals surface area contributed by atoms with Crippen LogP contribution in [0.15, 0.2) is 24.4 Å². The van der Waals surface area contributed by atoms with Gasteiger partial charge in [-0.2, -0.15) is 5.26 Å². The van der Waals surface area contributed by atoms with Crippen molar-refractivity contribution in [1.29, 1.82) is 5.26 Å². The van der Waals surface area contributed by atoms with Crippen LogP contribution in [0.2, 0.25) is 0 Å². The second-order valence-electron chi connectivity index (χ2n) is 7.94. The van der Waals surface area contributed by atoms with Crippen molar-refractivity contribution in [2.75, 3.05) is 19.1 Å². The van der Waals surface area contributed by atoms with Crippen LogP contribution in [0, 0.1) is 11.3 Å². The Morgan fingerprint density at radius 3 is 2.60 bits per heavy atom. The standard InChI is InChI=1S/C22H28N6O2.H2/c1-14(2)21-24-13-19(26-27-21)22(29)25-16-6-9-17(10-7-16)28(3)18-8-5-15(12-23)20(11-18)30-4;/h5,8,11,13-14,16-17H,6-7,9-10H2,1-4H3,(H,25,29);1H. The summed E-state index contributed by atoms with van der Waals surface area (Å²) >= 11 is 0. The summed E-state index contributed by atoms with van der Waals surface area (Å²) in [6.45, 7) is 3.97. The van der Waals surface area contributed by atoms with Gasteiger partial charge in [-0.15, -0.1) is 10.2 Å². The molecule has 0 aliphatic heterocycles. The van der Waals surface area contributed by atoms with Gasteiger partial charge in [0.25, 0.3) is 5.91 Å². The first-order chi connectivity index (χ1) is 14.4. The van der Waals surface area contributed by atoms with Gasteiger partial charge in [-0.1, -0.05) is 13.8 Å². The van der Waals surface area contributed by atoms with Gasteiger partial charge in [-0.05, 0) is 37.8 Å². The molecule has 2 aromatic rings. The molecule has 1 aromatic carbocycles. The number of nitriles is 1. The maximum absolute atomic E-state index is 12.5. The Morgan fingerprint density at radius 2 is 2.03 bits per heavy atom. The third kappa shape index (κ3) is 4.85. The number of methoxy groups -OCH3 is 1. The first-order valence-electron chi connectivity index (χ1n) is 10.2. The Labute approximate surface area is 178 Å². The van der Waals surface area contributed by atoms with Crippen molar-refractivity contribution in [3.63, 3.8) is 0 Å². The Morgan fingerprint density at radius 1 is 1.30 bits per heavy atom. The highest BCUT2D eigenvalue weighted by Crippen LogP contribution is 2.30. The van der Waals surface area contributed by atoms with Gasteiger partial charge in [0, 0.05) is 38.2 Å². The summed E-state index contributed by atoms with van der Waals surface area (Å²) in [7, 11) is 3.63. The van der Waals surface area contributed by atoms with Crippen molar-refractivity contribution in [2.45, 2.75) is 57.5 Å². The fraction of sp³-hybridized carbons (Fsp3) is 0.500. The number of anilines is 1. The third-order valence-corrected chi connectivity index (χ3v) is 5.62. The predicted octanol–water partition coefficient (Wildman–Crippen LogP) is 3.30. The van der Waals surface area contributed by atoms with E-state index in [4.69, 9.17) is 10.00 Å². The Balaban J connectivity index is 0.00000341. The number of carbonyl (C=O) groups is 1. The first-order valence-corrected chi connectivity index (χ1v) is 10.2. The Kier molecular flexibility index (Phi) is 6.83. The van der Waals surface area contributed by atoms with E-state index in [0.717, 1.165) is 31.4 Å². The zero-order chi connectivity index (χ0) is 21.7. The summed E-state index contributed by atoms with van der Waals surface area (Å²) in [5.41, 5.74) is 1.80. The second kappa shape index (κ2) is 9.53. The highest BCUT2D eigenvalue weighted by molar-refractivity contribution is 5.91. The van der Waals surface area contributed by atoms with Gasteiger partial charge in [0.15, 0.2) is 11.5 Å². The van der Waals surface area contributed by atoms with E-state index in [2.05, 4.69) is 38.5 Å². The van der Waals surface area contributed by atoms with E-state index in [-0.39, 0.29) is 25.0 Å². The zero-order valence-corrected chi connectivity index (χ0v) is 17.9. The number of rotatable bonds is 6. The highest BCUT2D eigenvalue weighted by atomic mass is 16.5. The number of benzene rings is 1. The summed E-state index contributed by atoms with van der Waals surface area (Å²) < 4.78 is 5.32. The lowest BCUT2D eigenvalue weighted by Crippen LogP contribution is -2.43. The van der Waals surface area contributed by atoms with Crippen LogP contribution in [-0.2, 0) is 0 Å². The lowest BCUT2D eigenvalue weighted by atomic mass is 9.90. The van der Waals surface area contributed by atoms with Gasteiger partial charge in [-0.25, -0.2) is 4.98 Å². The molecule has 1 aliphatic carbocycles. The molecule has 0 atom stereocenters. The largest absolute Gasteiger partial charge is 0.495 e. The quantitative estimate of drug-likeness (QED) is 0.779. The summed E-state index contributed by atoms with van der Waals surface area (Å²) in [5, 5.41) is 20.3. The molecule has 0 spiro atoms. The topological polar surface area (TPSA) is 104 Å². The number of nitrogens with one attached hydrogen (secondary N) is 1. The summed E-state index contributed by atoms with van der Waals surface area (Å²) in [4.78, 5) is 18.9. The van der Waals surface area contributed by atoms with Crippen LogP contribution in [0.1, 0.15) is 68.8 Å². The SMILES string of the molecule is COc1cc(N(C)C2CCC(NC(=O)c3cnc(C(C)C)nn3)CC2)ccc1C#N.[HH]. The fourth-order valence-corrected chi connectivity index (χ4v) is 3.72. The third-order valence-electron chi connectivity index (χ3n) is 5.62. The molecule has 1 fully saturated rings. The molecule has 3 rings (SSSR count). The Hall–Kier alpha value is -3.21. The average Bonchev–Trinajstić information content (AvgIpc) is 2.78. The number of nitrogens with zero attached hydrogens (tertiary/aromatic N) is 5. The van der Waals surface area contributed by atoms with Crippen LogP contribution in [-0.4, -0.2) is 47.3 Å². The van der Waals surface area contributed by atoms with Gasteiger partial charge < -0.3 is 15.0 Å². The smallest absolute Gasteiger partial charge is 0.273 e. The van der Waals surface area contributed by atoms with Crippen molar-refractivity contribution in [3.05, 3.63) is 41.5 Å². The van der Waals surface area contributed by atoms with E-state index in [1.807, 2.05) is 26.0 Å². The van der Waals surface area contributed by atoms with Crippen LogP contribution in [0.4, 0.5) is 5.69 Å². The minimum atomic E-state index is -0.223. The number of ether oxygens (including phenoxy) is 1. The van der Waals surface area contributed by atoms with E-state index in [9.17, 15) is 4.79 Å². The van der Waals surface area contributed by atoms with Gasteiger partial charge in [0.1, 0.15) is 11.8 Å². The van der Waals surface area contributed by atoms with Crippen molar-refractivity contribution in [3.8, 4) is 11.8 Å². The van der Waals surface area contributed by atoms with Gasteiger partial charge >= 0.3 is 0 Å². The zero-order valence-electron chi connectivity index (χ0n) is 17.9. The molecular formula is C22H30N6O2. The molecule has 0 radical (unpaired) electrons. The predicted molar refractivity (Wildman–Crippen MR) is 116 cm³/mol. The van der Waals surface area contributed by atoms with Crippen LogP contribution in [0.25, 0.3) is 0 Å². The maximum Gasteiger partial charge on any atom is 0.273 e. The van der Waals surface area contributed by atoms with Crippen molar-refractivity contribution in [1.82, 2.24) is 20.5 Å². The van der Waals surface area contributed by atoms with Crippen molar-refractivity contribution < 1.29 is 11.0 Å². The van der Waals surface area contributed by atoms with Crippen LogP contribution >= 0.6 is 0 Å². The van der Waals surface area contributed by atoms with Crippen molar-refractivity contribution >= 4 is 11.6 Å². The second-order valence-corrected chi connectivity index (χ2v) is 7.94. The molecule has 0 saturated heterocycles. The van der Waals surface area contributed by atoms with Crippen LogP contribution in [0.3, 0.4) is 0 Å². The van der Waals surface area contributed by atoms with Crippen LogP contribution in [0.5, 0.6) is 5.75 Å². The summed E-state index contributed by atoms with van der Waals surface area (Å²) in [5.74, 6) is 1.17. The van der Waals surface area contributed by atoms with E-state index in [1.54, 1.807) is 13.2 Å². The molecule has 30 heavy (non-hydrogen) atoms. The molecule has 8 heteroatoms. The molecule has 1 saturated carbocycles. The molecule has 8 nitrogen and oxygen atoms in total. The monoisotopic (exact) mass is 410 g/mol. The van der Waals surface area contributed by atoms with E-state index in [0.29, 0.717) is 23.2 Å². The normalized spacial score (nSPS) is 18.5. The average molecular weight is 411 g/mol. The van der Waals surface area contributed by atoms with E-state index < -0.39 is 0 Å². The highest BCUT2D eigenvalue weighted by Gasteiger charge is 2.26. The molecule has 1 heterocycles. The summed E-state index contributed by atoms with van der Waals surface area (Å²) in [6, 6.07) is 8.25. The first kappa shape index (κ1) is 21.5. The number of aromatic nitrogens is 3. The molecule has 1 amide bonds. The number of carbonyl (C=O) groups excluding carboxylic acids is 1. The Bertz CT molecular complexity index is 921. The van der Waals surface area contributed by atoms with Gasteiger partial charge in [0.05, 0.1) is 18.9 Å². The molecule has 0 unspecified atom stereocenters. The number of hydrogen-bond donors (Lipinski definition) is 1. The van der Waals surface area contributed by atoms with E-state index >= 15 is 0 Å². The molecule has 160 valence electrons. The van der Waals surface area contributed by atoms with E-state index in [1.165, 1.54) is 6.20 Å². The molecule has 1 aromatic heterocycles.